The van der Waals surface area contributed by atoms with Crippen molar-refractivity contribution in [3.8, 4) is 17.3 Å². The first kappa shape index (κ1) is 17.5. The fraction of sp³-hybridized carbons (Fsp3) is 0.263. The van der Waals surface area contributed by atoms with Crippen molar-refractivity contribution in [1.29, 1.82) is 0 Å². The first-order valence-electron chi connectivity index (χ1n) is 8.61. The predicted molar refractivity (Wildman–Crippen MR) is 104 cm³/mol. The van der Waals surface area contributed by atoms with E-state index in [9.17, 15) is 0 Å². The molecule has 1 aromatic carbocycles. The number of aromatic nitrogens is 6. The fourth-order valence-electron chi connectivity index (χ4n) is 2.97. The molecule has 0 fully saturated rings. The smallest absolute Gasteiger partial charge is 0.231 e. The van der Waals surface area contributed by atoms with Gasteiger partial charge in [-0.2, -0.15) is 15.1 Å². The molecule has 0 unspecified atom stereocenters. The molecule has 0 N–H and O–H groups in total. The van der Waals surface area contributed by atoms with Gasteiger partial charge in [-0.15, -0.1) is 0 Å². The Morgan fingerprint density at radius 1 is 1.11 bits per heavy atom. The Hall–Kier alpha value is -2.93. The highest BCUT2D eigenvalue weighted by Crippen LogP contribution is 2.26. The maximum absolute atomic E-state index is 5.91. The van der Waals surface area contributed by atoms with Crippen LogP contribution in [0.15, 0.2) is 42.9 Å². The monoisotopic (exact) mass is 382 g/mol. The Bertz CT molecular complexity index is 1080. The normalized spacial score (nSPS) is 11.4. The van der Waals surface area contributed by atoms with E-state index in [0.717, 1.165) is 28.0 Å². The Morgan fingerprint density at radius 3 is 2.59 bits per heavy atom. The van der Waals surface area contributed by atoms with E-state index in [2.05, 4.69) is 62.7 Å². The SMILES string of the molecule is COc1cn(C(C)C)c(-c2ccc(Cn3ncc4cnc(Cl)nc43)cc2)n1. The van der Waals surface area contributed by atoms with E-state index in [4.69, 9.17) is 16.3 Å². The fourth-order valence-corrected chi connectivity index (χ4v) is 3.10. The maximum atomic E-state index is 5.91. The Morgan fingerprint density at radius 2 is 1.89 bits per heavy atom. The van der Waals surface area contributed by atoms with Crippen LogP contribution in [0.3, 0.4) is 0 Å². The minimum Gasteiger partial charge on any atom is -0.480 e. The van der Waals surface area contributed by atoms with E-state index in [0.29, 0.717) is 12.4 Å². The lowest BCUT2D eigenvalue weighted by atomic mass is 10.1. The minimum absolute atomic E-state index is 0.217. The number of hydrogen-bond acceptors (Lipinski definition) is 5. The van der Waals surface area contributed by atoms with E-state index in [1.54, 1.807) is 19.5 Å². The zero-order valence-electron chi connectivity index (χ0n) is 15.3. The second-order valence-corrected chi connectivity index (χ2v) is 6.86. The molecule has 0 spiro atoms. The zero-order valence-corrected chi connectivity index (χ0v) is 16.1. The molecule has 0 radical (unpaired) electrons. The molecular formula is C19H19ClN6O. The number of benzene rings is 1. The molecule has 0 saturated carbocycles. The van der Waals surface area contributed by atoms with Crippen LogP contribution in [0.1, 0.15) is 25.5 Å². The summed E-state index contributed by atoms with van der Waals surface area (Å²) in [6.45, 7) is 4.84. The number of ether oxygens (including phenoxy) is 1. The molecule has 138 valence electrons. The third kappa shape index (κ3) is 3.38. The summed E-state index contributed by atoms with van der Waals surface area (Å²) in [5, 5.41) is 5.47. The van der Waals surface area contributed by atoms with Crippen LogP contribution in [0.25, 0.3) is 22.4 Å². The van der Waals surface area contributed by atoms with Crippen molar-refractivity contribution in [2.45, 2.75) is 26.4 Å². The minimum atomic E-state index is 0.217. The summed E-state index contributed by atoms with van der Waals surface area (Å²) in [6, 6.07) is 8.54. The molecule has 0 aliphatic rings. The van der Waals surface area contributed by atoms with Crippen LogP contribution >= 0.6 is 11.6 Å². The highest BCUT2D eigenvalue weighted by molar-refractivity contribution is 6.28. The van der Waals surface area contributed by atoms with Gasteiger partial charge in [0.25, 0.3) is 0 Å². The molecule has 0 aliphatic carbocycles. The van der Waals surface area contributed by atoms with Crippen molar-refractivity contribution >= 4 is 22.6 Å². The molecule has 0 aliphatic heterocycles. The standard InChI is InChI=1S/C19H19ClN6O/c1-12(2)25-11-16(27-3)23-17(25)14-6-4-13(5-7-14)10-26-18-15(9-22-26)8-21-19(20)24-18/h4-9,11-12H,10H2,1-3H3. The molecule has 4 rings (SSSR count). The third-order valence-corrected chi connectivity index (χ3v) is 4.55. The van der Waals surface area contributed by atoms with Crippen LogP contribution < -0.4 is 4.74 Å². The average molecular weight is 383 g/mol. The Balaban J connectivity index is 1.63. The highest BCUT2D eigenvalue weighted by Gasteiger charge is 2.13. The molecule has 0 saturated heterocycles. The number of methoxy groups -OCH3 is 1. The van der Waals surface area contributed by atoms with E-state index >= 15 is 0 Å². The van der Waals surface area contributed by atoms with Gasteiger partial charge in [0.2, 0.25) is 11.2 Å². The van der Waals surface area contributed by atoms with Gasteiger partial charge in [0.1, 0.15) is 5.82 Å². The second kappa shape index (κ2) is 7.00. The zero-order chi connectivity index (χ0) is 19.0. The van der Waals surface area contributed by atoms with Gasteiger partial charge in [0.05, 0.1) is 31.4 Å². The van der Waals surface area contributed by atoms with E-state index < -0.39 is 0 Å². The van der Waals surface area contributed by atoms with Crippen molar-refractivity contribution in [2.75, 3.05) is 7.11 Å². The lowest BCUT2D eigenvalue weighted by Gasteiger charge is -2.11. The number of nitrogens with zero attached hydrogens (tertiary/aromatic N) is 6. The first-order valence-corrected chi connectivity index (χ1v) is 8.99. The molecule has 3 aromatic heterocycles. The summed E-state index contributed by atoms with van der Waals surface area (Å²) >= 11 is 5.91. The number of hydrogen-bond donors (Lipinski definition) is 0. The van der Waals surface area contributed by atoms with Gasteiger partial charge < -0.3 is 9.30 Å². The van der Waals surface area contributed by atoms with Crippen LogP contribution in [0.5, 0.6) is 5.88 Å². The topological polar surface area (TPSA) is 70.7 Å². The molecule has 3 heterocycles. The maximum Gasteiger partial charge on any atom is 0.231 e. The van der Waals surface area contributed by atoms with Crippen molar-refractivity contribution in [2.24, 2.45) is 0 Å². The van der Waals surface area contributed by atoms with E-state index in [1.165, 1.54) is 0 Å². The van der Waals surface area contributed by atoms with Crippen LogP contribution in [-0.4, -0.2) is 36.4 Å². The number of rotatable bonds is 5. The third-order valence-electron chi connectivity index (χ3n) is 4.37. The summed E-state index contributed by atoms with van der Waals surface area (Å²) in [5.41, 5.74) is 2.86. The van der Waals surface area contributed by atoms with E-state index in [1.807, 2.05) is 10.9 Å². The van der Waals surface area contributed by atoms with Crippen molar-refractivity contribution in [3.05, 3.63) is 53.7 Å². The van der Waals surface area contributed by atoms with E-state index in [-0.39, 0.29) is 11.3 Å². The summed E-state index contributed by atoms with van der Waals surface area (Å²) in [5.74, 6) is 1.50. The van der Waals surface area contributed by atoms with Gasteiger partial charge in [-0.05, 0) is 31.0 Å². The molecule has 0 amide bonds. The van der Waals surface area contributed by atoms with Gasteiger partial charge in [-0.1, -0.05) is 24.3 Å². The second-order valence-electron chi connectivity index (χ2n) is 6.53. The molecule has 27 heavy (non-hydrogen) atoms. The van der Waals surface area contributed by atoms with Crippen molar-refractivity contribution in [1.82, 2.24) is 29.3 Å². The highest BCUT2D eigenvalue weighted by atomic mass is 35.5. The molecule has 0 bridgehead atoms. The molecular weight excluding hydrogens is 364 g/mol. The summed E-state index contributed by atoms with van der Waals surface area (Å²) in [6.07, 6.45) is 5.34. The first-order chi connectivity index (χ1) is 13.0. The van der Waals surface area contributed by atoms with Crippen molar-refractivity contribution in [3.63, 3.8) is 0 Å². The van der Waals surface area contributed by atoms with Gasteiger partial charge in [-0.25, -0.2) is 9.67 Å². The van der Waals surface area contributed by atoms with Gasteiger partial charge in [0, 0.05) is 17.8 Å². The van der Waals surface area contributed by atoms with Crippen LogP contribution in [0.4, 0.5) is 0 Å². The van der Waals surface area contributed by atoms with Crippen LogP contribution in [-0.2, 0) is 6.54 Å². The quantitative estimate of drug-likeness (QED) is 0.488. The van der Waals surface area contributed by atoms with Gasteiger partial charge in [0.15, 0.2) is 5.65 Å². The molecule has 8 heteroatoms. The number of fused-ring (bicyclic) bond motifs is 1. The van der Waals surface area contributed by atoms with Crippen LogP contribution in [0, 0.1) is 0 Å². The predicted octanol–water partition coefficient (Wildman–Crippen LogP) is 3.98. The Kier molecular flexibility index (Phi) is 4.53. The summed E-state index contributed by atoms with van der Waals surface area (Å²) < 4.78 is 9.21. The summed E-state index contributed by atoms with van der Waals surface area (Å²) in [7, 11) is 1.63. The molecule has 4 aromatic rings. The average Bonchev–Trinajstić information content (AvgIpc) is 3.27. The lowest BCUT2D eigenvalue weighted by Crippen LogP contribution is -2.04. The number of halogens is 1. The molecule has 7 nitrogen and oxygen atoms in total. The van der Waals surface area contributed by atoms with Crippen LogP contribution in [0.2, 0.25) is 5.28 Å². The Labute approximate surface area is 161 Å². The summed E-state index contributed by atoms with van der Waals surface area (Å²) in [4.78, 5) is 12.8. The number of imidazole rings is 1. The molecule has 0 atom stereocenters. The van der Waals surface area contributed by atoms with Gasteiger partial charge in [-0.3, -0.25) is 0 Å². The largest absolute Gasteiger partial charge is 0.480 e. The van der Waals surface area contributed by atoms with Crippen molar-refractivity contribution < 1.29 is 4.74 Å². The van der Waals surface area contributed by atoms with Gasteiger partial charge >= 0.3 is 0 Å². The lowest BCUT2D eigenvalue weighted by molar-refractivity contribution is 0.399.